The van der Waals surface area contributed by atoms with Crippen LogP contribution in [0.5, 0.6) is 0 Å². The number of aryl methyl sites for hydroxylation is 1. The number of hydrogen-bond acceptors (Lipinski definition) is 5. The van der Waals surface area contributed by atoms with Gasteiger partial charge in [-0.3, -0.25) is 4.79 Å². The van der Waals surface area contributed by atoms with E-state index in [1.165, 1.54) is 12.1 Å². The fourth-order valence-electron chi connectivity index (χ4n) is 2.74. The second kappa shape index (κ2) is 8.30. The molecule has 0 aliphatic heterocycles. The molecule has 3 aromatic rings. The van der Waals surface area contributed by atoms with E-state index >= 15 is 0 Å². The van der Waals surface area contributed by atoms with Gasteiger partial charge in [0.1, 0.15) is 11.6 Å². The molecule has 0 amide bonds. The Morgan fingerprint density at radius 2 is 2.07 bits per heavy atom. The molecule has 0 bridgehead atoms. The maximum Gasteiger partial charge on any atom is 0.307 e. The lowest BCUT2D eigenvalue weighted by Crippen LogP contribution is -2.06. The topological polar surface area (TPSA) is 75.1 Å². The van der Waals surface area contributed by atoms with Gasteiger partial charge in [0.2, 0.25) is 0 Å². The number of halogens is 2. The number of hydrogen-bond donors (Lipinski definition) is 2. The predicted molar refractivity (Wildman–Crippen MR) is 113 cm³/mol. The third-order valence-corrected chi connectivity index (χ3v) is 5.89. The van der Waals surface area contributed by atoms with Crippen molar-refractivity contribution in [3.8, 4) is 10.7 Å². The number of carboxylic acids is 1. The van der Waals surface area contributed by atoms with Crippen molar-refractivity contribution >= 4 is 51.4 Å². The van der Waals surface area contributed by atoms with Gasteiger partial charge in [0.15, 0.2) is 5.82 Å². The van der Waals surface area contributed by atoms with Crippen LogP contribution in [0.15, 0.2) is 30.3 Å². The van der Waals surface area contributed by atoms with Crippen molar-refractivity contribution in [2.24, 2.45) is 0 Å². The number of aromatic nitrogens is 2. The Labute approximate surface area is 173 Å². The highest BCUT2D eigenvalue weighted by Crippen LogP contribution is 2.31. The first kappa shape index (κ1) is 19.7. The number of carbonyl (C=O) groups is 1. The Hall–Kier alpha value is -2.07. The molecule has 0 fully saturated rings. The zero-order valence-electron chi connectivity index (χ0n) is 14.7. The van der Waals surface area contributed by atoms with Crippen molar-refractivity contribution in [1.82, 2.24) is 9.97 Å². The van der Waals surface area contributed by atoms with Crippen LogP contribution >= 0.6 is 33.9 Å². The number of carboxylic acid groups (broad SMARTS) is 1. The molecule has 0 radical (unpaired) electrons. The van der Waals surface area contributed by atoms with Gasteiger partial charge in [-0.05, 0) is 65.8 Å². The maximum atomic E-state index is 14.5. The Balaban J connectivity index is 1.98. The van der Waals surface area contributed by atoms with E-state index in [-0.39, 0.29) is 12.1 Å². The molecule has 140 valence electrons. The van der Waals surface area contributed by atoms with E-state index in [1.807, 2.05) is 26.0 Å². The highest BCUT2D eigenvalue weighted by atomic mass is 127. The lowest BCUT2D eigenvalue weighted by atomic mass is 10.1. The standard InChI is InChI=1S/C19H17FIN3O2S/c1-3-12-10(2)22-19(15-6-7-16(21)27-15)24-18(12)23-14-5-4-11(8-13(14)20)9-17(25)26/h4-8H,3,9H2,1-2H3,(H,25,26)(H,22,23,24). The molecule has 27 heavy (non-hydrogen) atoms. The SMILES string of the molecule is CCc1c(C)nc(-c2ccc(I)s2)nc1Nc1ccc(CC(=O)O)cc1F. The lowest BCUT2D eigenvalue weighted by Gasteiger charge is -2.14. The first-order chi connectivity index (χ1) is 12.9. The van der Waals surface area contributed by atoms with Crippen LogP contribution in [-0.2, 0) is 17.6 Å². The minimum Gasteiger partial charge on any atom is -0.481 e. The molecule has 5 nitrogen and oxygen atoms in total. The van der Waals surface area contributed by atoms with E-state index in [0.717, 1.165) is 19.0 Å². The van der Waals surface area contributed by atoms with Gasteiger partial charge < -0.3 is 10.4 Å². The number of thiophene rings is 1. The van der Waals surface area contributed by atoms with Crippen molar-refractivity contribution < 1.29 is 14.3 Å². The number of rotatable bonds is 6. The summed E-state index contributed by atoms with van der Waals surface area (Å²) in [4.78, 5) is 21.0. The first-order valence-electron chi connectivity index (χ1n) is 8.27. The van der Waals surface area contributed by atoms with Crippen molar-refractivity contribution in [2.45, 2.75) is 26.7 Å². The van der Waals surface area contributed by atoms with Crippen LogP contribution in [0.25, 0.3) is 10.7 Å². The summed E-state index contributed by atoms with van der Waals surface area (Å²) < 4.78 is 15.6. The van der Waals surface area contributed by atoms with E-state index < -0.39 is 11.8 Å². The summed E-state index contributed by atoms with van der Waals surface area (Å²) in [5, 5.41) is 11.9. The largest absolute Gasteiger partial charge is 0.481 e. The quantitative estimate of drug-likeness (QED) is 0.459. The van der Waals surface area contributed by atoms with Crippen LogP contribution in [0, 0.1) is 15.6 Å². The minimum atomic E-state index is -0.995. The average molecular weight is 497 g/mol. The number of benzene rings is 1. The average Bonchev–Trinajstić information content (AvgIpc) is 3.03. The second-order valence-corrected chi connectivity index (χ2v) is 8.90. The van der Waals surface area contributed by atoms with Crippen molar-refractivity contribution in [1.29, 1.82) is 0 Å². The molecule has 0 aliphatic carbocycles. The highest BCUT2D eigenvalue weighted by Gasteiger charge is 2.15. The van der Waals surface area contributed by atoms with Gasteiger partial charge in [0.05, 0.1) is 19.9 Å². The van der Waals surface area contributed by atoms with Gasteiger partial charge in [-0.2, -0.15) is 0 Å². The number of aliphatic carboxylic acids is 1. The van der Waals surface area contributed by atoms with Crippen molar-refractivity contribution in [3.63, 3.8) is 0 Å². The van der Waals surface area contributed by atoms with Crippen LogP contribution in [0.2, 0.25) is 0 Å². The summed E-state index contributed by atoms with van der Waals surface area (Å²) in [6.07, 6.45) is 0.486. The van der Waals surface area contributed by atoms with Crippen LogP contribution in [0.1, 0.15) is 23.7 Å². The Kier molecular flexibility index (Phi) is 6.05. The van der Waals surface area contributed by atoms with Gasteiger partial charge >= 0.3 is 5.97 Å². The normalized spacial score (nSPS) is 10.8. The van der Waals surface area contributed by atoms with E-state index in [9.17, 15) is 9.18 Å². The van der Waals surface area contributed by atoms with E-state index in [1.54, 1.807) is 17.4 Å². The molecule has 0 aliphatic rings. The van der Waals surface area contributed by atoms with Gasteiger partial charge in [-0.15, -0.1) is 11.3 Å². The van der Waals surface area contributed by atoms with Gasteiger partial charge in [0.25, 0.3) is 0 Å². The van der Waals surface area contributed by atoms with Gasteiger partial charge in [-0.25, -0.2) is 14.4 Å². The molecule has 2 N–H and O–H groups in total. The number of nitrogens with one attached hydrogen (secondary N) is 1. The maximum absolute atomic E-state index is 14.5. The van der Waals surface area contributed by atoms with E-state index in [4.69, 9.17) is 5.11 Å². The monoisotopic (exact) mass is 497 g/mol. The molecule has 1 aromatic carbocycles. The summed E-state index contributed by atoms with van der Waals surface area (Å²) >= 11 is 3.84. The minimum absolute atomic E-state index is 0.217. The summed E-state index contributed by atoms with van der Waals surface area (Å²) in [7, 11) is 0. The first-order valence-corrected chi connectivity index (χ1v) is 10.2. The number of anilines is 2. The van der Waals surface area contributed by atoms with Crippen molar-refractivity contribution in [2.75, 3.05) is 5.32 Å². The van der Waals surface area contributed by atoms with E-state index in [2.05, 4.69) is 37.9 Å². The molecular formula is C19H17FIN3O2S. The molecule has 8 heteroatoms. The fraction of sp³-hybridized carbons (Fsp3) is 0.211. The van der Waals surface area contributed by atoms with Crippen LogP contribution in [0.4, 0.5) is 15.9 Å². The highest BCUT2D eigenvalue weighted by molar-refractivity contribution is 14.1. The molecule has 2 aromatic heterocycles. The second-order valence-electron chi connectivity index (χ2n) is 5.93. The number of nitrogens with zero attached hydrogens (tertiary/aromatic N) is 2. The van der Waals surface area contributed by atoms with Crippen LogP contribution in [0.3, 0.4) is 0 Å². The molecule has 3 rings (SSSR count). The Morgan fingerprint density at radius 1 is 1.30 bits per heavy atom. The van der Waals surface area contributed by atoms with Crippen LogP contribution < -0.4 is 5.32 Å². The van der Waals surface area contributed by atoms with Crippen molar-refractivity contribution in [3.05, 3.63) is 55.9 Å². The predicted octanol–water partition coefficient (Wildman–Crippen LogP) is 5.19. The lowest BCUT2D eigenvalue weighted by molar-refractivity contribution is -0.136. The zero-order valence-corrected chi connectivity index (χ0v) is 17.7. The van der Waals surface area contributed by atoms with E-state index in [0.29, 0.717) is 23.6 Å². The molecule has 0 atom stereocenters. The fourth-order valence-corrected chi connectivity index (χ4v) is 4.30. The Bertz CT molecular complexity index is 1010. The third-order valence-electron chi connectivity index (χ3n) is 4.00. The van der Waals surface area contributed by atoms with Crippen LogP contribution in [-0.4, -0.2) is 21.0 Å². The summed E-state index contributed by atoms with van der Waals surface area (Å²) in [6.45, 7) is 3.91. The molecule has 0 saturated carbocycles. The molecule has 0 saturated heterocycles. The van der Waals surface area contributed by atoms with Gasteiger partial charge in [0, 0.05) is 11.3 Å². The zero-order chi connectivity index (χ0) is 19.6. The summed E-state index contributed by atoms with van der Waals surface area (Å²) in [6, 6.07) is 8.34. The molecule has 0 unspecified atom stereocenters. The Morgan fingerprint density at radius 3 is 2.67 bits per heavy atom. The molecular weight excluding hydrogens is 480 g/mol. The van der Waals surface area contributed by atoms with Gasteiger partial charge in [-0.1, -0.05) is 13.0 Å². The summed E-state index contributed by atoms with van der Waals surface area (Å²) in [5.74, 6) is -0.347. The molecule has 0 spiro atoms. The summed E-state index contributed by atoms with van der Waals surface area (Å²) in [5.41, 5.74) is 2.42. The third kappa shape index (κ3) is 4.62. The molecule has 2 heterocycles. The smallest absolute Gasteiger partial charge is 0.307 e.